The minimum atomic E-state index is -0.945. The monoisotopic (exact) mass is 226 g/mol. The fourth-order valence-electron chi connectivity index (χ4n) is 2.05. The molecule has 1 aromatic rings. The Labute approximate surface area is 91.9 Å². The second kappa shape index (κ2) is 3.54. The van der Waals surface area contributed by atoms with Gasteiger partial charge in [0.05, 0.1) is 6.42 Å². The third kappa shape index (κ3) is 1.79. The molecule has 0 unspecified atom stereocenters. The van der Waals surface area contributed by atoms with Crippen LogP contribution in [0.3, 0.4) is 0 Å². The van der Waals surface area contributed by atoms with E-state index in [0.717, 1.165) is 6.07 Å². The summed E-state index contributed by atoms with van der Waals surface area (Å²) >= 11 is 0. The lowest BCUT2D eigenvalue weighted by Crippen LogP contribution is -2.15. The first-order valence-corrected chi connectivity index (χ1v) is 5.12. The largest absolute Gasteiger partial charge is 0.481 e. The summed E-state index contributed by atoms with van der Waals surface area (Å²) < 4.78 is 26.7. The van der Waals surface area contributed by atoms with Gasteiger partial charge in [-0.1, -0.05) is 0 Å². The van der Waals surface area contributed by atoms with Crippen LogP contribution in [0.5, 0.6) is 0 Å². The number of rotatable bonds is 3. The van der Waals surface area contributed by atoms with Gasteiger partial charge in [-0.15, -0.1) is 0 Å². The normalized spacial score (nSPS) is 17.2. The van der Waals surface area contributed by atoms with Crippen LogP contribution in [0.4, 0.5) is 8.78 Å². The van der Waals surface area contributed by atoms with E-state index >= 15 is 0 Å². The number of carboxylic acids is 1. The van der Waals surface area contributed by atoms with Crippen LogP contribution in [0.2, 0.25) is 0 Å². The van der Waals surface area contributed by atoms with Crippen LogP contribution in [-0.4, -0.2) is 11.1 Å². The first-order chi connectivity index (χ1) is 7.44. The van der Waals surface area contributed by atoms with Crippen molar-refractivity contribution in [2.24, 2.45) is 0 Å². The molecule has 0 amide bonds. The molecule has 1 aliphatic carbocycles. The highest BCUT2D eigenvalue weighted by Crippen LogP contribution is 2.52. The van der Waals surface area contributed by atoms with Crippen molar-refractivity contribution in [1.82, 2.24) is 0 Å². The van der Waals surface area contributed by atoms with Gasteiger partial charge in [0.2, 0.25) is 0 Å². The molecule has 16 heavy (non-hydrogen) atoms. The molecule has 2 rings (SSSR count). The maximum atomic E-state index is 13.6. The molecule has 1 aromatic carbocycles. The molecule has 0 bridgehead atoms. The first kappa shape index (κ1) is 11.0. The lowest BCUT2D eigenvalue weighted by atomic mass is 9.90. The summed E-state index contributed by atoms with van der Waals surface area (Å²) in [6.45, 7) is 1.55. The van der Waals surface area contributed by atoms with Crippen LogP contribution < -0.4 is 0 Å². The van der Waals surface area contributed by atoms with Gasteiger partial charge in [0.1, 0.15) is 11.6 Å². The summed E-state index contributed by atoms with van der Waals surface area (Å²) in [4.78, 5) is 10.7. The minimum Gasteiger partial charge on any atom is -0.481 e. The van der Waals surface area contributed by atoms with Gasteiger partial charge in [-0.25, -0.2) is 8.78 Å². The van der Waals surface area contributed by atoms with Gasteiger partial charge in [0, 0.05) is 11.5 Å². The smallest absolute Gasteiger partial charge is 0.304 e. The maximum absolute atomic E-state index is 13.6. The summed E-state index contributed by atoms with van der Waals surface area (Å²) in [5.41, 5.74) is 0.0934. The SMILES string of the molecule is Cc1cc(C2(CC(=O)O)CC2)c(F)cc1F. The summed E-state index contributed by atoms with van der Waals surface area (Å²) in [6, 6.07) is 2.27. The maximum Gasteiger partial charge on any atom is 0.304 e. The first-order valence-electron chi connectivity index (χ1n) is 5.12. The zero-order valence-electron chi connectivity index (χ0n) is 8.89. The Bertz CT molecular complexity index is 451. The van der Waals surface area contributed by atoms with Crippen LogP contribution in [0.25, 0.3) is 0 Å². The number of benzene rings is 1. The Morgan fingerprint density at radius 2 is 2.00 bits per heavy atom. The van der Waals surface area contributed by atoms with Crippen LogP contribution in [0, 0.1) is 18.6 Å². The number of aliphatic carboxylic acids is 1. The molecule has 0 atom stereocenters. The number of carboxylic acid groups (broad SMARTS) is 1. The van der Waals surface area contributed by atoms with Gasteiger partial charge < -0.3 is 5.11 Å². The van der Waals surface area contributed by atoms with Crippen molar-refractivity contribution in [3.8, 4) is 0 Å². The fourth-order valence-corrected chi connectivity index (χ4v) is 2.05. The highest BCUT2D eigenvalue weighted by atomic mass is 19.1. The molecule has 0 aliphatic heterocycles. The summed E-state index contributed by atoms with van der Waals surface area (Å²) in [5, 5.41) is 8.77. The quantitative estimate of drug-likeness (QED) is 0.860. The van der Waals surface area contributed by atoms with Gasteiger partial charge >= 0.3 is 5.97 Å². The van der Waals surface area contributed by atoms with Crippen molar-refractivity contribution in [2.75, 3.05) is 0 Å². The Hall–Kier alpha value is -1.45. The molecule has 2 nitrogen and oxygen atoms in total. The molecule has 1 fully saturated rings. The van der Waals surface area contributed by atoms with E-state index in [4.69, 9.17) is 5.11 Å². The molecule has 0 spiro atoms. The molecule has 1 aliphatic rings. The van der Waals surface area contributed by atoms with Crippen LogP contribution >= 0.6 is 0 Å². The highest BCUT2D eigenvalue weighted by Gasteiger charge is 2.47. The van der Waals surface area contributed by atoms with E-state index < -0.39 is 23.0 Å². The Kier molecular flexibility index (Phi) is 2.45. The van der Waals surface area contributed by atoms with E-state index in [1.807, 2.05) is 0 Å². The van der Waals surface area contributed by atoms with Gasteiger partial charge in [0.25, 0.3) is 0 Å². The van der Waals surface area contributed by atoms with Crippen molar-refractivity contribution in [1.29, 1.82) is 0 Å². The van der Waals surface area contributed by atoms with Gasteiger partial charge in [-0.2, -0.15) is 0 Å². The van der Waals surface area contributed by atoms with Crippen molar-refractivity contribution in [3.05, 3.63) is 34.9 Å². The van der Waals surface area contributed by atoms with E-state index in [2.05, 4.69) is 0 Å². The van der Waals surface area contributed by atoms with E-state index in [-0.39, 0.29) is 6.42 Å². The number of aryl methyl sites for hydroxylation is 1. The molecular weight excluding hydrogens is 214 g/mol. The zero-order chi connectivity index (χ0) is 11.9. The van der Waals surface area contributed by atoms with Crippen LogP contribution in [0.1, 0.15) is 30.4 Å². The molecule has 0 aromatic heterocycles. The fraction of sp³-hybridized carbons (Fsp3) is 0.417. The number of hydrogen-bond acceptors (Lipinski definition) is 1. The van der Waals surface area contributed by atoms with E-state index in [9.17, 15) is 13.6 Å². The lowest BCUT2D eigenvalue weighted by molar-refractivity contribution is -0.137. The summed E-state index contributed by atoms with van der Waals surface area (Å²) in [6.07, 6.45) is 1.22. The predicted molar refractivity (Wildman–Crippen MR) is 54.3 cm³/mol. The average Bonchev–Trinajstić information content (AvgIpc) is 2.91. The third-order valence-corrected chi connectivity index (χ3v) is 3.16. The molecule has 86 valence electrons. The zero-order valence-corrected chi connectivity index (χ0v) is 8.89. The van der Waals surface area contributed by atoms with Crippen LogP contribution in [0.15, 0.2) is 12.1 Å². The Morgan fingerprint density at radius 3 is 2.50 bits per heavy atom. The summed E-state index contributed by atoms with van der Waals surface area (Å²) in [5.74, 6) is -2.17. The second-order valence-electron chi connectivity index (χ2n) is 4.43. The van der Waals surface area contributed by atoms with Gasteiger partial charge in [-0.3, -0.25) is 4.79 Å². The molecule has 0 saturated heterocycles. The Balaban J connectivity index is 2.41. The molecule has 0 radical (unpaired) electrons. The second-order valence-corrected chi connectivity index (χ2v) is 4.43. The number of carbonyl (C=O) groups is 1. The molecule has 4 heteroatoms. The number of hydrogen-bond donors (Lipinski definition) is 1. The highest BCUT2D eigenvalue weighted by molar-refractivity contribution is 5.70. The van der Waals surface area contributed by atoms with E-state index in [0.29, 0.717) is 24.0 Å². The number of halogens is 2. The molecular formula is C12H12F2O2. The minimum absolute atomic E-state index is 0.0883. The van der Waals surface area contributed by atoms with Crippen molar-refractivity contribution in [3.63, 3.8) is 0 Å². The van der Waals surface area contributed by atoms with E-state index in [1.54, 1.807) is 6.92 Å². The van der Waals surface area contributed by atoms with Crippen LogP contribution in [-0.2, 0) is 10.2 Å². The average molecular weight is 226 g/mol. The Morgan fingerprint density at radius 1 is 1.38 bits per heavy atom. The predicted octanol–water partition coefficient (Wildman–Crippen LogP) is 2.78. The van der Waals surface area contributed by atoms with Crippen molar-refractivity contribution < 1.29 is 18.7 Å². The standard InChI is InChI=1S/C12H12F2O2/c1-7-4-8(10(14)5-9(7)13)12(2-3-12)6-11(15)16/h4-5H,2-3,6H2,1H3,(H,15,16). The topological polar surface area (TPSA) is 37.3 Å². The molecule has 1 N–H and O–H groups in total. The van der Waals surface area contributed by atoms with Crippen molar-refractivity contribution in [2.45, 2.75) is 31.6 Å². The van der Waals surface area contributed by atoms with E-state index in [1.165, 1.54) is 6.07 Å². The van der Waals surface area contributed by atoms with Gasteiger partial charge in [-0.05, 0) is 37.0 Å². The molecule has 0 heterocycles. The molecule has 1 saturated carbocycles. The third-order valence-electron chi connectivity index (χ3n) is 3.16. The van der Waals surface area contributed by atoms with Crippen molar-refractivity contribution >= 4 is 5.97 Å². The lowest BCUT2D eigenvalue weighted by Gasteiger charge is -2.15. The summed E-state index contributed by atoms with van der Waals surface area (Å²) in [7, 11) is 0. The van der Waals surface area contributed by atoms with Gasteiger partial charge in [0.15, 0.2) is 0 Å².